The Labute approximate surface area is 76.9 Å². The van der Waals surface area contributed by atoms with Gasteiger partial charge in [-0.15, -0.1) is 0 Å². The first kappa shape index (κ1) is 9.80. The van der Waals surface area contributed by atoms with Crippen molar-refractivity contribution in [2.24, 2.45) is 0 Å². The van der Waals surface area contributed by atoms with Crippen LogP contribution in [0.25, 0.3) is 0 Å². The Morgan fingerprint density at radius 1 is 1.54 bits per heavy atom. The van der Waals surface area contributed by atoms with Gasteiger partial charge in [-0.05, 0) is 19.2 Å². The summed E-state index contributed by atoms with van der Waals surface area (Å²) in [7, 11) is 1.84. The Morgan fingerprint density at radius 2 is 2.23 bits per heavy atom. The van der Waals surface area contributed by atoms with Crippen molar-refractivity contribution < 1.29 is 13.9 Å². The van der Waals surface area contributed by atoms with Gasteiger partial charge in [0.2, 0.25) is 0 Å². The second-order valence-electron chi connectivity index (χ2n) is 2.68. The van der Waals surface area contributed by atoms with Crippen molar-refractivity contribution >= 4 is 5.97 Å². The van der Waals surface area contributed by atoms with Crippen LogP contribution in [0.1, 0.15) is 18.4 Å². The van der Waals surface area contributed by atoms with Crippen LogP contribution in [0.5, 0.6) is 0 Å². The van der Waals surface area contributed by atoms with Gasteiger partial charge in [0.25, 0.3) is 0 Å². The summed E-state index contributed by atoms with van der Waals surface area (Å²) in [5.74, 6) is 1.21. The standard InChI is InChI=1S/C9H13NO3/c1-7(11)12-6-9-4-3-8(13-9)5-10-2/h3-4,10H,5-6H2,1-2H3. The lowest BCUT2D eigenvalue weighted by atomic mass is 10.4. The quantitative estimate of drug-likeness (QED) is 0.709. The van der Waals surface area contributed by atoms with Gasteiger partial charge in [0.15, 0.2) is 0 Å². The zero-order chi connectivity index (χ0) is 9.68. The van der Waals surface area contributed by atoms with Crippen molar-refractivity contribution in [2.75, 3.05) is 7.05 Å². The number of carbonyl (C=O) groups excluding carboxylic acids is 1. The second-order valence-corrected chi connectivity index (χ2v) is 2.68. The average Bonchev–Trinajstić information content (AvgIpc) is 2.50. The Bertz CT molecular complexity index is 280. The van der Waals surface area contributed by atoms with Crippen molar-refractivity contribution in [2.45, 2.75) is 20.1 Å². The zero-order valence-electron chi connectivity index (χ0n) is 7.79. The lowest BCUT2D eigenvalue weighted by Gasteiger charge is -1.97. The monoisotopic (exact) mass is 183 g/mol. The molecule has 0 fully saturated rings. The molecular weight excluding hydrogens is 170 g/mol. The molecule has 1 rings (SSSR count). The van der Waals surface area contributed by atoms with Gasteiger partial charge < -0.3 is 14.5 Å². The summed E-state index contributed by atoms with van der Waals surface area (Å²) in [4.78, 5) is 10.5. The number of rotatable bonds is 4. The van der Waals surface area contributed by atoms with Crippen molar-refractivity contribution in [3.63, 3.8) is 0 Å². The van der Waals surface area contributed by atoms with E-state index in [1.54, 1.807) is 6.07 Å². The second kappa shape index (κ2) is 4.67. The molecule has 0 aliphatic carbocycles. The Kier molecular flexibility index (Phi) is 3.52. The molecule has 0 aromatic carbocycles. The van der Waals surface area contributed by atoms with E-state index >= 15 is 0 Å². The number of nitrogens with one attached hydrogen (secondary N) is 1. The predicted molar refractivity (Wildman–Crippen MR) is 46.9 cm³/mol. The van der Waals surface area contributed by atoms with E-state index < -0.39 is 0 Å². The van der Waals surface area contributed by atoms with Crippen LogP contribution in [0, 0.1) is 0 Å². The molecule has 0 atom stereocenters. The molecule has 1 aromatic rings. The van der Waals surface area contributed by atoms with E-state index in [0.29, 0.717) is 12.3 Å². The molecule has 4 heteroatoms. The van der Waals surface area contributed by atoms with E-state index in [2.05, 4.69) is 5.32 Å². The van der Waals surface area contributed by atoms with Crippen molar-refractivity contribution in [3.8, 4) is 0 Å². The summed E-state index contributed by atoms with van der Waals surface area (Å²) in [5.41, 5.74) is 0. The van der Waals surface area contributed by atoms with Crippen LogP contribution in [-0.2, 0) is 22.7 Å². The normalized spacial score (nSPS) is 10.0. The van der Waals surface area contributed by atoms with Gasteiger partial charge in [0, 0.05) is 6.92 Å². The first-order valence-electron chi connectivity index (χ1n) is 4.08. The van der Waals surface area contributed by atoms with Crippen LogP contribution >= 0.6 is 0 Å². The fourth-order valence-electron chi connectivity index (χ4n) is 0.942. The smallest absolute Gasteiger partial charge is 0.303 e. The summed E-state index contributed by atoms with van der Waals surface area (Å²) in [5, 5.41) is 2.96. The molecule has 72 valence electrons. The third kappa shape index (κ3) is 3.29. The molecule has 1 heterocycles. The number of hydrogen-bond acceptors (Lipinski definition) is 4. The molecule has 4 nitrogen and oxygen atoms in total. The van der Waals surface area contributed by atoms with E-state index in [1.165, 1.54) is 6.92 Å². The maximum atomic E-state index is 10.5. The Hall–Kier alpha value is -1.29. The molecule has 13 heavy (non-hydrogen) atoms. The van der Waals surface area contributed by atoms with Gasteiger partial charge in [-0.1, -0.05) is 0 Å². The van der Waals surface area contributed by atoms with Crippen LogP contribution in [0.15, 0.2) is 16.5 Å². The Morgan fingerprint density at radius 3 is 2.85 bits per heavy atom. The van der Waals surface area contributed by atoms with E-state index in [4.69, 9.17) is 9.15 Å². The average molecular weight is 183 g/mol. The highest BCUT2D eigenvalue weighted by atomic mass is 16.5. The molecule has 0 amide bonds. The first-order valence-corrected chi connectivity index (χ1v) is 4.08. The van der Waals surface area contributed by atoms with Crippen LogP contribution < -0.4 is 5.32 Å². The third-order valence-corrected chi connectivity index (χ3v) is 1.49. The molecule has 0 saturated carbocycles. The topological polar surface area (TPSA) is 51.5 Å². The first-order chi connectivity index (χ1) is 6.22. The molecule has 0 radical (unpaired) electrons. The van der Waals surface area contributed by atoms with Crippen molar-refractivity contribution in [3.05, 3.63) is 23.7 Å². The zero-order valence-corrected chi connectivity index (χ0v) is 7.79. The van der Waals surface area contributed by atoms with Gasteiger partial charge in [-0.2, -0.15) is 0 Å². The maximum Gasteiger partial charge on any atom is 0.303 e. The molecule has 1 N–H and O–H groups in total. The fourth-order valence-corrected chi connectivity index (χ4v) is 0.942. The van der Waals surface area contributed by atoms with E-state index in [1.807, 2.05) is 13.1 Å². The predicted octanol–water partition coefficient (Wildman–Crippen LogP) is 1.06. The number of esters is 1. The number of furan rings is 1. The highest BCUT2D eigenvalue weighted by Gasteiger charge is 2.02. The molecule has 0 spiro atoms. The summed E-state index contributed by atoms with van der Waals surface area (Å²) < 4.78 is 10.1. The van der Waals surface area contributed by atoms with Crippen LogP contribution in [0.3, 0.4) is 0 Å². The summed E-state index contributed by atoms with van der Waals surface area (Å²) in [6.07, 6.45) is 0. The number of ether oxygens (including phenoxy) is 1. The molecule has 0 saturated heterocycles. The van der Waals surface area contributed by atoms with Crippen LogP contribution in [0.4, 0.5) is 0 Å². The summed E-state index contributed by atoms with van der Waals surface area (Å²) in [6, 6.07) is 3.66. The SMILES string of the molecule is CNCc1ccc(COC(C)=O)o1. The number of carbonyl (C=O) groups is 1. The molecule has 0 unspecified atom stereocenters. The largest absolute Gasteiger partial charge is 0.461 e. The summed E-state index contributed by atoms with van der Waals surface area (Å²) in [6.45, 7) is 2.26. The minimum absolute atomic E-state index is 0.207. The van der Waals surface area contributed by atoms with E-state index in [0.717, 1.165) is 5.76 Å². The van der Waals surface area contributed by atoms with Gasteiger partial charge in [0.05, 0.1) is 6.54 Å². The highest BCUT2D eigenvalue weighted by molar-refractivity contribution is 5.65. The lowest BCUT2D eigenvalue weighted by Crippen LogP contribution is -2.03. The Balaban J connectivity index is 2.44. The fraction of sp³-hybridized carbons (Fsp3) is 0.444. The van der Waals surface area contributed by atoms with Gasteiger partial charge in [-0.3, -0.25) is 4.79 Å². The van der Waals surface area contributed by atoms with Crippen LogP contribution in [0.2, 0.25) is 0 Å². The molecular formula is C9H13NO3. The van der Waals surface area contributed by atoms with Gasteiger partial charge in [0.1, 0.15) is 18.1 Å². The molecule has 1 aromatic heterocycles. The minimum atomic E-state index is -0.299. The van der Waals surface area contributed by atoms with Gasteiger partial charge in [-0.25, -0.2) is 0 Å². The molecule has 0 aliphatic heterocycles. The molecule has 0 bridgehead atoms. The van der Waals surface area contributed by atoms with Gasteiger partial charge >= 0.3 is 5.97 Å². The van der Waals surface area contributed by atoms with Crippen LogP contribution in [-0.4, -0.2) is 13.0 Å². The van der Waals surface area contributed by atoms with Crippen molar-refractivity contribution in [1.82, 2.24) is 5.32 Å². The number of hydrogen-bond donors (Lipinski definition) is 1. The highest BCUT2D eigenvalue weighted by Crippen LogP contribution is 2.08. The van der Waals surface area contributed by atoms with E-state index in [9.17, 15) is 4.79 Å². The maximum absolute atomic E-state index is 10.5. The van der Waals surface area contributed by atoms with E-state index in [-0.39, 0.29) is 12.6 Å². The lowest BCUT2D eigenvalue weighted by molar-refractivity contribution is -0.142. The molecule has 0 aliphatic rings. The minimum Gasteiger partial charge on any atom is -0.461 e. The van der Waals surface area contributed by atoms with Crippen molar-refractivity contribution in [1.29, 1.82) is 0 Å². The third-order valence-electron chi connectivity index (χ3n) is 1.49. The summed E-state index contributed by atoms with van der Waals surface area (Å²) >= 11 is 0.